The Hall–Kier alpha value is -2.21. The van der Waals surface area contributed by atoms with E-state index in [1.54, 1.807) is 6.07 Å². The van der Waals surface area contributed by atoms with Gasteiger partial charge in [0.15, 0.2) is 5.65 Å². The van der Waals surface area contributed by atoms with E-state index >= 15 is 0 Å². The fourth-order valence-electron chi connectivity index (χ4n) is 2.48. The van der Waals surface area contributed by atoms with E-state index in [0.29, 0.717) is 28.3 Å². The Morgan fingerprint density at radius 2 is 2.00 bits per heavy atom. The fraction of sp³-hybridized carbons (Fsp3) is 0.312. The molecule has 0 aliphatic rings. The molecule has 0 bridgehead atoms. The predicted molar refractivity (Wildman–Crippen MR) is 88.9 cm³/mol. The highest BCUT2D eigenvalue weighted by Gasteiger charge is 2.23. The molecule has 0 saturated carbocycles. The summed E-state index contributed by atoms with van der Waals surface area (Å²) in [5, 5.41) is 5.73. The van der Waals surface area contributed by atoms with E-state index in [-0.39, 0.29) is 11.4 Å². The van der Waals surface area contributed by atoms with Crippen LogP contribution in [-0.2, 0) is 12.0 Å². The number of aromatic nitrogens is 4. The minimum Gasteiger partial charge on any atom is -0.383 e. The highest BCUT2D eigenvalue weighted by Crippen LogP contribution is 2.29. The highest BCUT2D eigenvalue weighted by atomic mass is 35.5. The first kappa shape index (κ1) is 15.7. The maximum Gasteiger partial charge on any atom is 0.164 e. The molecule has 23 heavy (non-hydrogen) atoms. The van der Waals surface area contributed by atoms with Crippen LogP contribution in [0, 0.1) is 5.82 Å². The molecule has 0 spiro atoms. The number of rotatable bonds is 2. The molecule has 3 aromatic rings. The molecule has 2 N–H and O–H groups in total. The number of hydrogen-bond donors (Lipinski definition) is 1. The Morgan fingerprint density at radius 3 is 2.65 bits per heavy atom. The molecule has 5 nitrogen and oxygen atoms in total. The van der Waals surface area contributed by atoms with Gasteiger partial charge in [-0.1, -0.05) is 17.7 Å². The van der Waals surface area contributed by atoms with Gasteiger partial charge < -0.3 is 5.73 Å². The van der Waals surface area contributed by atoms with Gasteiger partial charge in [-0.05, 0) is 38.5 Å². The quantitative estimate of drug-likeness (QED) is 0.778. The molecular formula is C16H17ClFN5. The summed E-state index contributed by atoms with van der Waals surface area (Å²) in [5.74, 6) is 0.00501. The van der Waals surface area contributed by atoms with E-state index in [4.69, 9.17) is 17.3 Å². The van der Waals surface area contributed by atoms with Crippen molar-refractivity contribution in [3.63, 3.8) is 0 Å². The van der Waals surface area contributed by atoms with E-state index < -0.39 is 0 Å². The van der Waals surface area contributed by atoms with Crippen LogP contribution in [-0.4, -0.2) is 19.7 Å². The molecule has 120 valence electrons. The lowest BCUT2D eigenvalue weighted by Crippen LogP contribution is -2.23. The molecule has 0 aliphatic heterocycles. The molecule has 0 saturated heterocycles. The second kappa shape index (κ2) is 5.45. The van der Waals surface area contributed by atoms with Gasteiger partial charge in [0.05, 0.1) is 16.6 Å². The SMILES string of the molecule is CC(C)(C)n1nc(Cc2ccc(F)cc2Cl)c2c(N)ncnc21. The Balaban J connectivity index is 2.18. The first-order valence-electron chi connectivity index (χ1n) is 7.20. The van der Waals surface area contributed by atoms with Gasteiger partial charge in [0.2, 0.25) is 0 Å². The lowest BCUT2D eigenvalue weighted by atomic mass is 10.1. The first-order chi connectivity index (χ1) is 10.8. The van der Waals surface area contributed by atoms with Gasteiger partial charge >= 0.3 is 0 Å². The molecule has 0 amide bonds. The van der Waals surface area contributed by atoms with E-state index in [2.05, 4.69) is 15.1 Å². The predicted octanol–water partition coefficient (Wildman–Crippen LogP) is 3.55. The van der Waals surface area contributed by atoms with Gasteiger partial charge in [0.25, 0.3) is 0 Å². The van der Waals surface area contributed by atoms with Crippen molar-refractivity contribution in [2.24, 2.45) is 0 Å². The molecule has 7 heteroatoms. The molecule has 0 radical (unpaired) electrons. The van der Waals surface area contributed by atoms with E-state index in [1.807, 2.05) is 25.5 Å². The standard InChI is InChI=1S/C16H17ClFN5/c1-16(2,3)23-15-13(14(19)20-8-21-15)12(22-23)6-9-4-5-10(18)7-11(9)17/h4-5,7-8H,6H2,1-3H3,(H2,19,20,21). The summed E-state index contributed by atoms with van der Waals surface area (Å²) >= 11 is 6.13. The topological polar surface area (TPSA) is 69.6 Å². The van der Waals surface area contributed by atoms with Gasteiger partial charge in [-0.2, -0.15) is 5.10 Å². The zero-order chi connectivity index (χ0) is 16.8. The van der Waals surface area contributed by atoms with Crippen LogP contribution in [0.1, 0.15) is 32.0 Å². The number of nitrogens with zero attached hydrogens (tertiary/aromatic N) is 4. The van der Waals surface area contributed by atoms with Crippen LogP contribution >= 0.6 is 11.6 Å². The summed E-state index contributed by atoms with van der Waals surface area (Å²) < 4.78 is 15.0. The second-order valence-corrected chi connectivity index (χ2v) is 6.81. The Morgan fingerprint density at radius 1 is 1.26 bits per heavy atom. The monoisotopic (exact) mass is 333 g/mol. The molecule has 3 rings (SSSR count). The van der Waals surface area contributed by atoms with Crippen LogP contribution in [0.4, 0.5) is 10.2 Å². The van der Waals surface area contributed by atoms with Crippen molar-refractivity contribution in [2.75, 3.05) is 5.73 Å². The lowest BCUT2D eigenvalue weighted by molar-refractivity contribution is 0.363. The van der Waals surface area contributed by atoms with Crippen LogP contribution in [0.2, 0.25) is 5.02 Å². The van der Waals surface area contributed by atoms with Crippen molar-refractivity contribution in [2.45, 2.75) is 32.7 Å². The van der Waals surface area contributed by atoms with Gasteiger partial charge in [-0.15, -0.1) is 0 Å². The largest absolute Gasteiger partial charge is 0.383 e. The van der Waals surface area contributed by atoms with Crippen molar-refractivity contribution >= 4 is 28.5 Å². The number of benzene rings is 1. The zero-order valence-electron chi connectivity index (χ0n) is 13.1. The number of nitrogen functional groups attached to an aromatic ring is 1. The number of halogens is 2. The minimum absolute atomic E-state index is 0.260. The van der Waals surface area contributed by atoms with Crippen LogP contribution < -0.4 is 5.73 Å². The molecule has 1 aromatic carbocycles. The van der Waals surface area contributed by atoms with Crippen LogP contribution in [0.25, 0.3) is 11.0 Å². The van der Waals surface area contributed by atoms with E-state index in [1.165, 1.54) is 18.5 Å². The Labute approximate surface area is 138 Å². The summed E-state index contributed by atoms with van der Waals surface area (Å²) in [6.45, 7) is 6.10. The van der Waals surface area contributed by atoms with E-state index in [0.717, 1.165) is 11.3 Å². The third kappa shape index (κ3) is 2.86. The summed E-state index contributed by atoms with van der Waals surface area (Å²) in [6.07, 6.45) is 1.85. The molecule has 0 aliphatic carbocycles. The average molecular weight is 334 g/mol. The maximum atomic E-state index is 13.2. The second-order valence-electron chi connectivity index (χ2n) is 6.40. The molecule has 0 unspecified atom stereocenters. The molecular weight excluding hydrogens is 317 g/mol. The summed E-state index contributed by atoms with van der Waals surface area (Å²) in [5.41, 5.74) is 7.95. The summed E-state index contributed by atoms with van der Waals surface area (Å²) in [6, 6.07) is 4.32. The number of nitrogens with two attached hydrogens (primary N) is 1. The highest BCUT2D eigenvalue weighted by molar-refractivity contribution is 6.31. The van der Waals surface area contributed by atoms with Gasteiger partial charge in [-0.25, -0.2) is 19.0 Å². The third-order valence-electron chi connectivity index (χ3n) is 3.57. The average Bonchev–Trinajstić information content (AvgIpc) is 2.82. The molecule has 2 aromatic heterocycles. The molecule has 0 fully saturated rings. The maximum absolute atomic E-state index is 13.2. The van der Waals surface area contributed by atoms with Crippen molar-refractivity contribution in [1.82, 2.24) is 19.7 Å². The number of fused-ring (bicyclic) bond motifs is 1. The summed E-state index contributed by atoms with van der Waals surface area (Å²) in [4.78, 5) is 8.39. The summed E-state index contributed by atoms with van der Waals surface area (Å²) in [7, 11) is 0. The van der Waals surface area contributed by atoms with Crippen LogP contribution in [0.15, 0.2) is 24.5 Å². The van der Waals surface area contributed by atoms with E-state index in [9.17, 15) is 4.39 Å². The van der Waals surface area contributed by atoms with Crippen molar-refractivity contribution < 1.29 is 4.39 Å². The van der Waals surface area contributed by atoms with Crippen LogP contribution in [0.3, 0.4) is 0 Å². The minimum atomic E-state index is -0.369. The van der Waals surface area contributed by atoms with Crippen molar-refractivity contribution in [3.05, 3.63) is 46.6 Å². The third-order valence-corrected chi connectivity index (χ3v) is 3.93. The zero-order valence-corrected chi connectivity index (χ0v) is 13.9. The van der Waals surface area contributed by atoms with Gasteiger partial charge in [-0.3, -0.25) is 0 Å². The number of hydrogen-bond acceptors (Lipinski definition) is 4. The van der Waals surface area contributed by atoms with Gasteiger partial charge in [0.1, 0.15) is 18.0 Å². The first-order valence-corrected chi connectivity index (χ1v) is 7.57. The Bertz CT molecular complexity index is 882. The fourth-order valence-corrected chi connectivity index (χ4v) is 2.72. The molecule has 0 atom stereocenters. The number of anilines is 1. The van der Waals surface area contributed by atoms with Crippen LogP contribution in [0.5, 0.6) is 0 Å². The Kier molecular flexibility index (Phi) is 3.72. The van der Waals surface area contributed by atoms with Crippen molar-refractivity contribution in [3.8, 4) is 0 Å². The molecule has 2 heterocycles. The normalized spacial score (nSPS) is 12.0. The van der Waals surface area contributed by atoms with Gasteiger partial charge in [0, 0.05) is 11.4 Å². The lowest BCUT2D eigenvalue weighted by Gasteiger charge is -2.19. The smallest absolute Gasteiger partial charge is 0.164 e. The van der Waals surface area contributed by atoms with Crippen molar-refractivity contribution in [1.29, 1.82) is 0 Å².